The van der Waals surface area contributed by atoms with Crippen molar-refractivity contribution in [2.45, 2.75) is 26.3 Å². The Morgan fingerprint density at radius 1 is 1.19 bits per heavy atom. The minimum Gasteiger partial charge on any atom is -0.323 e. The van der Waals surface area contributed by atoms with Gasteiger partial charge in [0.15, 0.2) is 0 Å². The Morgan fingerprint density at radius 2 is 1.86 bits per heavy atom. The molecule has 0 amide bonds. The molecule has 2 unspecified atom stereocenters. The number of ketones is 1. The van der Waals surface area contributed by atoms with E-state index in [0.29, 0.717) is 11.4 Å². The van der Waals surface area contributed by atoms with Crippen LogP contribution in [-0.4, -0.2) is 5.78 Å². The standard InChI is InChI=1S/C18H20ClNO/c1-12-8-9-15(16(19)10-12)11-17(21)13(2)18(20)14-6-4-3-5-7-14/h3-10,13,18H,11,20H2,1-2H3. The van der Waals surface area contributed by atoms with Crippen molar-refractivity contribution in [3.63, 3.8) is 0 Å². The smallest absolute Gasteiger partial charge is 0.142 e. The highest BCUT2D eigenvalue weighted by atomic mass is 35.5. The highest BCUT2D eigenvalue weighted by Gasteiger charge is 2.22. The third kappa shape index (κ3) is 3.93. The molecule has 0 aliphatic rings. The Kier molecular flexibility index (Phi) is 5.16. The molecule has 0 saturated heterocycles. The van der Waals surface area contributed by atoms with Crippen LogP contribution in [0, 0.1) is 12.8 Å². The van der Waals surface area contributed by atoms with Crippen LogP contribution in [0.2, 0.25) is 5.02 Å². The fourth-order valence-corrected chi connectivity index (χ4v) is 2.61. The van der Waals surface area contributed by atoms with Crippen LogP contribution >= 0.6 is 11.6 Å². The van der Waals surface area contributed by atoms with Crippen molar-refractivity contribution in [1.29, 1.82) is 0 Å². The van der Waals surface area contributed by atoms with Gasteiger partial charge in [-0.25, -0.2) is 0 Å². The predicted octanol–water partition coefficient (Wildman–Crippen LogP) is 4.10. The van der Waals surface area contributed by atoms with Gasteiger partial charge in [0.25, 0.3) is 0 Å². The molecule has 0 spiro atoms. The molecule has 0 aliphatic carbocycles. The second kappa shape index (κ2) is 6.88. The Morgan fingerprint density at radius 3 is 2.48 bits per heavy atom. The number of benzene rings is 2. The van der Waals surface area contributed by atoms with Gasteiger partial charge in [-0.3, -0.25) is 4.79 Å². The summed E-state index contributed by atoms with van der Waals surface area (Å²) < 4.78 is 0. The average Bonchev–Trinajstić information content (AvgIpc) is 2.49. The molecule has 2 nitrogen and oxygen atoms in total. The van der Waals surface area contributed by atoms with Crippen LogP contribution in [0.15, 0.2) is 48.5 Å². The molecule has 21 heavy (non-hydrogen) atoms. The number of hydrogen-bond donors (Lipinski definition) is 1. The van der Waals surface area contributed by atoms with Crippen molar-refractivity contribution in [1.82, 2.24) is 0 Å². The van der Waals surface area contributed by atoms with Gasteiger partial charge in [0, 0.05) is 23.4 Å². The monoisotopic (exact) mass is 301 g/mol. The lowest BCUT2D eigenvalue weighted by molar-refractivity contribution is -0.122. The molecule has 0 radical (unpaired) electrons. The Labute approximate surface area is 130 Å². The number of carbonyl (C=O) groups is 1. The summed E-state index contributed by atoms with van der Waals surface area (Å²) in [4.78, 5) is 12.4. The van der Waals surface area contributed by atoms with E-state index in [1.54, 1.807) is 0 Å². The SMILES string of the molecule is Cc1ccc(CC(=O)C(C)C(N)c2ccccc2)c(Cl)c1. The molecule has 2 N–H and O–H groups in total. The van der Waals surface area contributed by atoms with Crippen LogP contribution in [0.4, 0.5) is 0 Å². The lowest BCUT2D eigenvalue weighted by atomic mass is 9.89. The topological polar surface area (TPSA) is 43.1 Å². The van der Waals surface area contributed by atoms with Gasteiger partial charge >= 0.3 is 0 Å². The highest BCUT2D eigenvalue weighted by Crippen LogP contribution is 2.24. The first-order chi connectivity index (χ1) is 9.99. The molecule has 0 aromatic heterocycles. The van der Waals surface area contributed by atoms with Crippen LogP contribution < -0.4 is 5.73 Å². The van der Waals surface area contributed by atoms with Gasteiger partial charge in [0.2, 0.25) is 0 Å². The zero-order chi connectivity index (χ0) is 15.4. The van der Waals surface area contributed by atoms with Crippen molar-refractivity contribution < 1.29 is 4.79 Å². The molecule has 3 heteroatoms. The lowest BCUT2D eigenvalue weighted by Crippen LogP contribution is -2.27. The maximum absolute atomic E-state index is 12.4. The summed E-state index contributed by atoms with van der Waals surface area (Å²) in [6, 6.07) is 15.2. The summed E-state index contributed by atoms with van der Waals surface area (Å²) in [5.74, 6) is -0.137. The lowest BCUT2D eigenvalue weighted by Gasteiger charge is -2.19. The Bertz CT molecular complexity index is 624. The summed E-state index contributed by atoms with van der Waals surface area (Å²) in [7, 11) is 0. The van der Waals surface area contributed by atoms with Gasteiger partial charge in [0.1, 0.15) is 5.78 Å². The fraction of sp³-hybridized carbons (Fsp3) is 0.278. The number of rotatable bonds is 5. The average molecular weight is 302 g/mol. The first-order valence-corrected chi connectivity index (χ1v) is 7.45. The molecule has 2 rings (SSSR count). The summed E-state index contributed by atoms with van der Waals surface area (Å²) in [5, 5.41) is 0.642. The minimum atomic E-state index is -0.289. The summed E-state index contributed by atoms with van der Waals surface area (Å²) >= 11 is 6.19. The zero-order valence-corrected chi connectivity index (χ0v) is 13.1. The van der Waals surface area contributed by atoms with Crippen molar-refractivity contribution >= 4 is 17.4 Å². The number of halogens is 1. The molecule has 2 aromatic carbocycles. The Hall–Kier alpha value is -1.64. The largest absolute Gasteiger partial charge is 0.323 e. The third-order valence-corrected chi connectivity index (χ3v) is 4.16. The highest BCUT2D eigenvalue weighted by molar-refractivity contribution is 6.31. The van der Waals surface area contributed by atoms with Gasteiger partial charge in [0.05, 0.1) is 0 Å². The van der Waals surface area contributed by atoms with Crippen molar-refractivity contribution in [3.05, 3.63) is 70.2 Å². The molecule has 2 atom stereocenters. The van der Waals surface area contributed by atoms with E-state index >= 15 is 0 Å². The quantitative estimate of drug-likeness (QED) is 0.903. The summed E-state index contributed by atoms with van der Waals surface area (Å²) in [6.07, 6.45) is 0.320. The van der Waals surface area contributed by atoms with Crippen LogP contribution in [0.5, 0.6) is 0 Å². The Balaban J connectivity index is 2.09. The number of nitrogens with two attached hydrogens (primary N) is 1. The van der Waals surface area contributed by atoms with Crippen LogP contribution in [-0.2, 0) is 11.2 Å². The third-order valence-electron chi connectivity index (χ3n) is 3.80. The van der Waals surface area contributed by atoms with E-state index in [4.69, 9.17) is 17.3 Å². The molecule has 0 heterocycles. The number of aryl methyl sites for hydroxylation is 1. The van der Waals surface area contributed by atoms with E-state index in [0.717, 1.165) is 16.7 Å². The fourth-order valence-electron chi connectivity index (χ4n) is 2.31. The van der Waals surface area contributed by atoms with Crippen molar-refractivity contribution in [2.75, 3.05) is 0 Å². The zero-order valence-electron chi connectivity index (χ0n) is 12.3. The second-order valence-corrected chi connectivity index (χ2v) is 5.87. The van der Waals surface area contributed by atoms with Gasteiger partial charge in [-0.1, -0.05) is 61.0 Å². The van der Waals surface area contributed by atoms with Gasteiger partial charge < -0.3 is 5.73 Å². The normalized spacial score (nSPS) is 13.7. The predicted molar refractivity (Wildman–Crippen MR) is 87.4 cm³/mol. The number of carbonyl (C=O) groups excluding carboxylic acids is 1. The second-order valence-electron chi connectivity index (χ2n) is 5.46. The summed E-state index contributed by atoms with van der Waals surface area (Å²) in [6.45, 7) is 3.85. The van der Waals surface area contributed by atoms with E-state index in [9.17, 15) is 4.79 Å². The molecule has 0 fully saturated rings. The molecule has 0 aliphatic heterocycles. The van der Waals surface area contributed by atoms with Crippen LogP contribution in [0.3, 0.4) is 0 Å². The van der Waals surface area contributed by atoms with Gasteiger partial charge in [-0.05, 0) is 29.7 Å². The van der Waals surface area contributed by atoms with E-state index in [1.807, 2.05) is 62.4 Å². The maximum Gasteiger partial charge on any atom is 0.142 e. The molecule has 0 bridgehead atoms. The first-order valence-electron chi connectivity index (χ1n) is 7.07. The summed E-state index contributed by atoms with van der Waals surface area (Å²) in [5.41, 5.74) is 9.13. The van der Waals surface area contributed by atoms with Gasteiger partial charge in [-0.15, -0.1) is 0 Å². The van der Waals surface area contributed by atoms with Gasteiger partial charge in [-0.2, -0.15) is 0 Å². The van der Waals surface area contributed by atoms with E-state index in [1.165, 1.54) is 0 Å². The first kappa shape index (κ1) is 15.7. The number of Topliss-reactive ketones (excluding diaryl/α,β-unsaturated/α-hetero) is 1. The molecule has 2 aromatic rings. The minimum absolute atomic E-state index is 0.108. The molecule has 110 valence electrons. The van der Waals surface area contributed by atoms with Crippen LogP contribution in [0.1, 0.15) is 29.7 Å². The molecular formula is C18H20ClNO. The maximum atomic E-state index is 12.4. The number of hydrogen-bond acceptors (Lipinski definition) is 2. The molecule has 0 saturated carbocycles. The van der Waals surface area contributed by atoms with Crippen LogP contribution in [0.25, 0.3) is 0 Å². The van der Waals surface area contributed by atoms with E-state index in [2.05, 4.69) is 0 Å². The van der Waals surface area contributed by atoms with Crippen molar-refractivity contribution in [3.8, 4) is 0 Å². The van der Waals surface area contributed by atoms with Crippen molar-refractivity contribution in [2.24, 2.45) is 11.7 Å². The van der Waals surface area contributed by atoms with E-state index < -0.39 is 0 Å². The van der Waals surface area contributed by atoms with E-state index in [-0.39, 0.29) is 17.7 Å². The molecular weight excluding hydrogens is 282 g/mol.